The van der Waals surface area contributed by atoms with E-state index in [-0.39, 0.29) is 23.4 Å². The number of carbonyl (C=O) groups is 2. The van der Waals surface area contributed by atoms with Crippen LogP contribution in [0.5, 0.6) is 0 Å². The lowest BCUT2D eigenvalue weighted by Crippen LogP contribution is -2.60. The number of phosphoric ester groups is 2. The standard InChI is InChI=1S/C21H33N7O21P4/c1-8-3-11(29)26-21(32)28(8)19-14(31)13(30)9(45-19)4-43-51(36,37)47-15-10(5-44-52(38,39)49-53(40,41)48-50(33,34)35)46-20(16(15)42-2)27-7-25-12-17(22)23-6-24-18(12)27/h6-10,13-16,19-20,30-31H,3-5H2,1-2H3,(H,36,37)(H,38,39)(H,40,41)(H2,22,23,24)(H,26,29,32)(H2,33,34,35)/t8?,9-,10-,13-,14-,15-,16-,19-,20-/m1/s1. The Morgan fingerprint density at radius 1 is 0.887 bits per heavy atom. The Labute approximate surface area is 296 Å². The molecule has 3 aliphatic rings. The summed E-state index contributed by atoms with van der Waals surface area (Å²) in [5.41, 5.74) is 5.97. The Balaban J connectivity index is 1.34. The lowest BCUT2D eigenvalue weighted by molar-refractivity contribution is -0.129. The summed E-state index contributed by atoms with van der Waals surface area (Å²) in [6, 6.07) is -1.69. The van der Waals surface area contributed by atoms with Gasteiger partial charge in [-0.05, 0) is 6.92 Å². The smallest absolute Gasteiger partial charge is 0.387 e. The predicted molar refractivity (Wildman–Crippen MR) is 165 cm³/mol. The summed E-state index contributed by atoms with van der Waals surface area (Å²) in [6.07, 6.45) is -11.0. The quantitative estimate of drug-likeness (QED) is 0.0871. The summed E-state index contributed by atoms with van der Waals surface area (Å²) in [7, 11) is -21.6. The second kappa shape index (κ2) is 15.6. The van der Waals surface area contributed by atoms with E-state index in [1.54, 1.807) is 0 Å². The molecule has 2 aromatic heterocycles. The fourth-order valence-electron chi connectivity index (χ4n) is 5.59. The van der Waals surface area contributed by atoms with Crippen molar-refractivity contribution in [1.29, 1.82) is 0 Å². The zero-order valence-corrected chi connectivity index (χ0v) is 30.5. The van der Waals surface area contributed by atoms with Gasteiger partial charge in [0.05, 0.1) is 19.5 Å². The number of hydrogen-bond acceptors (Lipinski definition) is 20. The molecular weight excluding hydrogens is 810 g/mol. The topological polar surface area (TPSA) is 403 Å². The van der Waals surface area contributed by atoms with Crippen molar-refractivity contribution in [3.63, 3.8) is 0 Å². The van der Waals surface area contributed by atoms with Crippen molar-refractivity contribution in [3.05, 3.63) is 12.7 Å². The molecule has 10 N–H and O–H groups in total. The van der Waals surface area contributed by atoms with Crippen LogP contribution in [0.1, 0.15) is 19.6 Å². The van der Waals surface area contributed by atoms with Crippen molar-refractivity contribution in [2.75, 3.05) is 26.1 Å². The number of ether oxygens (including phenoxy) is 3. The number of aromatic nitrogens is 4. The molecule has 0 radical (unpaired) electrons. The van der Waals surface area contributed by atoms with Crippen LogP contribution in [0.15, 0.2) is 12.7 Å². The molecule has 0 bridgehead atoms. The van der Waals surface area contributed by atoms with Crippen LogP contribution in [0.3, 0.4) is 0 Å². The first kappa shape index (κ1) is 41.8. The van der Waals surface area contributed by atoms with Crippen LogP contribution >= 0.6 is 31.3 Å². The molecule has 12 atom stereocenters. The summed E-state index contributed by atoms with van der Waals surface area (Å²) in [5.74, 6) is -0.643. The number of nitrogens with two attached hydrogens (primary N) is 1. The molecule has 5 heterocycles. The van der Waals surface area contributed by atoms with E-state index < -0.39 is 112 Å². The van der Waals surface area contributed by atoms with Gasteiger partial charge >= 0.3 is 37.3 Å². The van der Waals surface area contributed by atoms with Crippen molar-refractivity contribution in [2.24, 2.45) is 0 Å². The second-order valence-corrected chi connectivity index (χ2v) is 17.3. The molecule has 2 aromatic rings. The first-order chi connectivity index (χ1) is 24.5. The number of aliphatic hydroxyl groups excluding tert-OH is 2. The fourth-order valence-corrected chi connectivity index (χ4v) is 9.58. The van der Waals surface area contributed by atoms with Gasteiger partial charge in [-0.15, -0.1) is 0 Å². The third-order valence-electron chi connectivity index (χ3n) is 7.74. The van der Waals surface area contributed by atoms with Crippen molar-refractivity contribution in [2.45, 2.75) is 68.5 Å². The normalized spacial score (nSPS) is 33.1. The van der Waals surface area contributed by atoms with Crippen LogP contribution in [0.25, 0.3) is 11.2 Å². The van der Waals surface area contributed by atoms with Gasteiger partial charge in [0, 0.05) is 19.6 Å². The average molecular weight is 843 g/mol. The zero-order chi connectivity index (χ0) is 39.3. The Kier molecular flexibility index (Phi) is 12.3. The van der Waals surface area contributed by atoms with E-state index in [9.17, 15) is 52.7 Å². The number of amides is 3. The molecule has 3 aliphatic heterocycles. The Morgan fingerprint density at radius 3 is 2.17 bits per heavy atom. The predicted octanol–water partition coefficient (Wildman–Crippen LogP) is -2.06. The van der Waals surface area contributed by atoms with E-state index in [1.165, 1.54) is 11.5 Å². The molecular formula is C21H33N7O21P4. The van der Waals surface area contributed by atoms with E-state index in [0.717, 1.165) is 24.7 Å². The van der Waals surface area contributed by atoms with Gasteiger partial charge in [0.1, 0.15) is 48.5 Å². The fraction of sp³-hybridized carbons (Fsp3) is 0.667. The molecule has 0 saturated carbocycles. The largest absolute Gasteiger partial charge is 0.490 e. The van der Waals surface area contributed by atoms with Crippen molar-refractivity contribution in [3.8, 4) is 0 Å². The molecule has 0 spiro atoms. The van der Waals surface area contributed by atoms with Crippen LogP contribution in [0.4, 0.5) is 10.6 Å². The number of rotatable bonds is 15. The number of aliphatic hydroxyl groups is 2. The highest BCUT2D eigenvalue weighted by Crippen LogP contribution is 2.66. The minimum atomic E-state index is -5.93. The molecule has 4 unspecified atom stereocenters. The molecule has 5 rings (SSSR count). The number of hydrogen-bond donors (Lipinski definition) is 9. The van der Waals surface area contributed by atoms with E-state index in [4.69, 9.17) is 38.8 Å². The highest BCUT2D eigenvalue weighted by molar-refractivity contribution is 7.66. The van der Waals surface area contributed by atoms with Gasteiger partial charge in [0.15, 0.2) is 23.9 Å². The molecule has 28 nitrogen and oxygen atoms in total. The number of methoxy groups -OCH3 is 1. The minimum absolute atomic E-state index is 0.0434. The highest BCUT2D eigenvalue weighted by atomic mass is 31.3. The molecule has 3 saturated heterocycles. The van der Waals surface area contributed by atoms with E-state index in [1.807, 2.05) is 5.32 Å². The number of carbonyl (C=O) groups excluding carboxylic acids is 2. The van der Waals surface area contributed by atoms with Crippen LogP contribution < -0.4 is 11.1 Å². The van der Waals surface area contributed by atoms with Crippen LogP contribution in [0, 0.1) is 0 Å². The molecule has 0 aromatic carbocycles. The van der Waals surface area contributed by atoms with Crippen molar-refractivity contribution >= 4 is 60.2 Å². The maximum Gasteiger partial charge on any atom is 0.490 e. The summed E-state index contributed by atoms with van der Waals surface area (Å²) in [4.78, 5) is 84.9. The van der Waals surface area contributed by atoms with Crippen LogP contribution in [0.2, 0.25) is 0 Å². The number of urea groups is 1. The molecule has 298 valence electrons. The number of phosphoric acid groups is 4. The molecule has 0 aliphatic carbocycles. The summed E-state index contributed by atoms with van der Waals surface area (Å²) >= 11 is 0. The third-order valence-corrected chi connectivity index (χ3v) is 12.5. The van der Waals surface area contributed by atoms with Gasteiger partial charge in [-0.3, -0.25) is 33.1 Å². The first-order valence-corrected chi connectivity index (χ1v) is 20.7. The second-order valence-electron chi connectivity index (χ2n) is 11.4. The summed E-state index contributed by atoms with van der Waals surface area (Å²) in [5, 5.41) is 23.2. The van der Waals surface area contributed by atoms with Gasteiger partial charge in [-0.2, -0.15) is 8.62 Å². The minimum Gasteiger partial charge on any atom is -0.387 e. The van der Waals surface area contributed by atoms with E-state index in [0.29, 0.717) is 0 Å². The van der Waals surface area contributed by atoms with E-state index >= 15 is 0 Å². The monoisotopic (exact) mass is 843 g/mol. The van der Waals surface area contributed by atoms with Crippen molar-refractivity contribution in [1.82, 2.24) is 29.7 Å². The van der Waals surface area contributed by atoms with Crippen LogP contribution in [-0.4, -0.2) is 140 Å². The third kappa shape index (κ3) is 9.71. The SMILES string of the molecule is CO[C@@H]1[C@H](OP(=O)(O)OC[C@H]2O[C@@H](N3C(=O)NC(=O)CC3C)[C@H](O)[C@@H]2O)[C@@H](COP(=O)(O)OP(=O)(O)OP(=O)(O)O)O[C@H]1n1cnc2c(N)ncnc21. The first-order valence-electron chi connectivity index (χ1n) is 14.7. The van der Waals surface area contributed by atoms with Gasteiger partial charge in [-0.25, -0.2) is 38.0 Å². The lowest BCUT2D eigenvalue weighted by atomic mass is 10.1. The number of imide groups is 1. The van der Waals surface area contributed by atoms with Gasteiger partial charge in [0.25, 0.3) is 0 Å². The maximum absolute atomic E-state index is 13.3. The highest BCUT2D eigenvalue weighted by Gasteiger charge is 2.53. The number of nitrogens with one attached hydrogen (secondary N) is 1. The zero-order valence-electron chi connectivity index (χ0n) is 26.9. The molecule has 53 heavy (non-hydrogen) atoms. The van der Waals surface area contributed by atoms with Crippen LogP contribution in [-0.2, 0) is 59.5 Å². The number of imidazole rings is 1. The molecule has 3 fully saturated rings. The number of anilines is 1. The van der Waals surface area contributed by atoms with Gasteiger partial charge in [-0.1, -0.05) is 0 Å². The van der Waals surface area contributed by atoms with Gasteiger partial charge in [0.2, 0.25) is 5.91 Å². The maximum atomic E-state index is 13.3. The summed E-state index contributed by atoms with van der Waals surface area (Å²) in [6.45, 7) is -0.656. The molecule has 32 heteroatoms. The lowest BCUT2D eigenvalue weighted by Gasteiger charge is -2.37. The number of nitrogen functional groups attached to an aromatic ring is 1. The number of fused-ring (bicyclic) bond motifs is 1. The van der Waals surface area contributed by atoms with E-state index in [2.05, 4.69) is 28.1 Å². The average Bonchev–Trinajstić information content (AvgIpc) is 3.67. The Bertz CT molecular complexity index is 1900. The van der Waals surface area contributed by atoms with Crippen molar-refractivity contribution < 1.29 is 98.9 Å². The summed E-state index contributed by atoms with van der Waals surface area (Å²) < 4.78 is 89.1. The van der Waals surface area contributed by atoms with Gasteiger partial charge < -0.3 is 54.6 Å². The number of nitrogens with zero attached hydrogens (tertiary/aromatic N) is 5. The Morgan fingerprint density at radius 2 is 1.53 bits per heavy atom. The molecule has 3 amide bonds. The Hall–Kier alpha value is -2.39.